The number of carbonyl (C=O) groups excluding carboxylic acids is 1. The van der Waals surface area contributed by atoms with Gasteiger partial charge in [0.2, 0.25) is 0 Å². The molecule has 8 heteroatoms. The van der Waals surface area contributed by atoms with Gasteiger partial charge in [-0.15, -0.1) is 11.3 Å². The summed E-state index contributed by atoms with van der Waals surface area (Å²) in [5.74, 6) is 1.93. The number of nitrogens with one attached hydrogen (secondary N) is 1. The fourth-order valence-electron chi connectivity index (χ4n) is 4.85. The molecule has 190 valence electrons. The van der Waals surface area contributed by atoms with Crippen LogP contribution >= 0.6 is 22.9 Å². The minimum absolute atomic E-state index is 0.135. The summed E-state index contributed by atoms with van der Waals surface area (Å²) in [6.07, 6.45) is 4.65. The number of furan rings is 1. The van der Waals surface area contributed by atoms with Crippen molar-refractivity contribution in [1.82, 2.24) is 0 Å². The molecule has 0 saturated carbocycles. The largest absolute Gasteiger partial charge is 0.440 e. The monoisotopic (exact) mass is 525 g/mol. The zero-order valence-electron chi connectivity index (χ0n) is 21.0. The van der Waals surface area contributed by atoms with Crippen molar-refractivity contribution in [1.29, 1.82) is 0 Å². The number of rotatable bonds is 5. The van der Waals surface area contributed by atoms with Crippen LogP contribution in [0, 0.1) is 11.3 Å². The van der Waals surface area contributed by atoms with Crippen LogP contribution < -0.4 is 10.2 Å². The maximum Gasteiger partial charge on any atom is 0.259 e. The van der Waals surface area contributed by atoms with E-state index >= 15 is 0 Å². The first-order valence-corrected chi connectivity index (χ1v) is 13.7. The number of halogens is 1. The molecule has 1 aliphatic heterocycles. The summed E-state index contributed by atoms with van der Waals surface area (Å²) in [5, 5.41) is 4.40. The molecule has 0 radical (unpaired) electrons. The Balaban J connectivity index is 1.43. The van der Waals surface area contributed by atoms with E-state index in [1.165, 1.54) is 4.88 Å². The number of thiophene rings is 1. The number of amides is 1. The lowest BCUT2D eigenvalue weighted by Crippen LogP contribution is -2.35. The van der Waals surface area contributed by atoms with E-state index in [2.05, 4.69) is 31.0 Å². The third-order valence-corrected chi connectivity index (χ3v) is 8.46. The van der Waals surface area contributed by atoms with Gasteiger partial charge in [-0.3, -0.25) is 4.79 Å². The van der Waals surface area contributed by atoms with Crippen LogP contribution in [0.25, 0.3) is 0 Å². The number of fused-ring (bicyclic) bond motifs is 1. The predicted molar refractivity (Wildman–Crippen MR) is 148 cm³/mol. The summed E-state index contributed by atoms with van der Waals surface area (Å²) in [4.78, 5) is 21.7. The summed E-state index contributed by atoms with van der Waals surface area (Å²) >= 11 is 7.65. The molecule has 5 rings (SSSR count). The molecule has 1 atom stereocenters. The molecule has 3 aromatic rings. The Hall–Kier alpha value is -2.61. The zero-order chi connectivity index (χ0) is 25.3. The van der Waals surface area contributed by atoms with Crippen LogP contribution in [-0.2, 0) is 17.6 Å². The van der Waals surface area contributed by atoms with E-state index in [1.54, 1.807) is 29.7 Å². The van der Waals surface area contributed by atoms with Crippen molar-refractivity contribution < 1.29 is 13.9 Å². The first kappa shape index (κ1) is 25.1. The van der Waals surface area contributed by atoms with Crippen molar-refractivity contribution in [2.75, 3.05) is 36.5 Å². The van der Waals surface area contributed by atoms with Crippen LogP contribution in [0.2, 0.25) is 5.02 Å². The first-order valence-electron chi connectivity index (χ1n) is 12.5. The van der Waals surface area contributed by atoms with Gasteiger partial charge in [0.25, 0.3) is 5.91 Å². The van der Waals surface area contributed by atoms with Crippen LogP contribution in [0.15, 0.2) is 45.8 Å². The Bertz CT molecular complexity index is 1250. The fraction of sp³-hybridized carbons (Fsp3) is 0.429. The highest BCUT2D eigenvalue weighted by Crippen LogP contribution is 2.45. The van der Waals surface area contributed by atoms with Gasteiger partial charge in [-0.05, 0) is 66.5 Å². The SMILES string of the molecule is CC(C)(C)[C@@H]1CCc2c(sc(N=Cc3ccc(N4CCOCC4)o3)c2C(=O)Nc2ccc(Cl)cc2)C1. The fourth-order valence-corrected chi connectivity index (χ4v) is 6.24. The normalized spacial score (nSPS) is 18.4. The molecule has 2 aliphatic rings. The number of hydrogen-bond donors (Lipinski definition) is 1. The number of carbonyl (C=O) groups is 1. The Morgan fingerprint density at radius 2 is 1.92 bits per heavy atom. The van der Waals surface area contributed by atoms with Gasteiger partial charge in [-0.1, -0.05) is 32.4 Å². The van der Waals surface area contributed by atoms with E-state index in [4.69, 9.17) is 25.7 Å². The molecule has 6 nitrogen and oxygen atoms in total. The van der Waals surface area contributed by atoms with Crippen LogP contribution in [0.4, 0.5) is 16.6 Å². The molecular weight excluding hydrogens is 494 g/mol. The van der Waals surface area contributed by atoms with Crippen LogP contribution in [0.1, 0.15) is 53.8 Å². The number of anilines is 2. The average Bonchev–Trinajstić information content (AvgIpc) is 3.48. The molecule has 1 fully saturated rings. The summed E-state index contributed by atoms with van der Waals surface area (Å²) in [5.41, 5.74) is 2.74. The van der Waals surface area contributed by atoms with Crippen molar-refractivity contribution in [3.8, 4) is 0 Å². The van der Waals surface area contributed by atoms with Gasteiger partial charge in [-0.2, -0.15) is 0 Å². The second-order valence-corrected chi connectivity index (χ2v) is 12.0. The van der Waals surface area contributed by atoms with E-state index in [1.807, 2.05) is 24.3 Å². The molecule has 1 aliphatic carbocycles. The van der Waals surface area contributed by atoms with E-state index in [0.717, 1.165) is 48.8 Å². The van der Waals surface area contributed by atoms with Gasteiger partial charge in [0.15, 0.2) is 5.88 Å². The van der Waals surface area contributed by atoms with Gasteiger partial charge < -0.3 is 19.4 Å². The molecule has 1 aromatic carbocycles. The summed E-state index contributed by atoms with van der Waals surface area (Å²) in [6, 6.07) is 11.1. The molecule has 0 bridgehead atoms. The molecule has 0 spiro atoms. The van der Waals surface area contributed by atoms with Crippen LogP contribution in [0.5, 0.6) is 0 Å². The molecule has 36 heavy (non-hydrogen) atoms. The van der Waals surface area contributed by atoms with E-state index < -0.39 is 0 Å². The minimum atomic E-state index is -0.135. The second-order valence-electron chi connectivity index (χ2n) is 10.5. The lowest BCUT2D eigenvalue weighted by molar-refractivity contribution is 0.102. The standard InChI is InChI=1S/C28H32ClN3O3S/c1-28(2,3)18-4-10-22-23(16-18)36-27(25(22)26(33)31-20-7-5-19(29)6-8-20)30-17-21-9-11-24(35-21)32-12-14-34-15-13-32/h5-9,11,17-18H,4,10,12-16H2,1-3H3,(H,31,33)/t18-/m1/s1. The van der Waals surface area contributed by atoms with Crippen molar-refractivity contribution in [3.63, 3.8) is 0 Å². The number of benzene rings is 1. The maximum absolute atomic E-state index is 13.5. The third-order valence-electron chi connectivity index (χ3n) is 7.04. The van der Waals surface area contributed by atoms with Crippen LogP contribution in [0.3, 0.4) is 0 Å². The number of hydrogen-bond acceptors (Lipinski definition) is 6. The summed E-state index contributed by atoms with van der Waals surface area (Å²) in [7, 11) is 0. The Morgan fingerprint density at radius 1 is 1.17 bits per heavy atom. The maximum atomic E-state index is 13.5. The smallest absolute Gasteiger partial charge is 0.259 e. The van der Waals surface area contributed by atoms with Gasteiger partial charge in [-0.25, -0.2) is 4.99 Å². The third kappa shape index (κ3) is 5.53. The second kappa shape index (κ2) is 10.4. The van der Waals surface area contributed by atoms with Gasteiger partial charge in [0, 0.05) is 34.7 Å². The molecule has 1 amide bonds. The molecule has 1 N–H and O–H groups in total. The highest BCUT2D eigenvalue weighted by molar-refractivity contribution is 7.16. The zero-order valence-corrected chi connectivity index (χ0v) is 22.5. The minimum Gasteiger partial charge on any atom is -0.440 e. The number of morpholine rings is 1. The predicted octanol–water partition coefficient (Wildman–Crippen LogP) is 6.99. The Morgan fingerprint density at radius 3 is 2.64 bits per heavy atom. The highest BCUT2D eigenvalue weighted by atomic mass is 35.5. The van der Waals surface area contributed by atoms with E-state index in [9.17, 15) is 4.79 Å². The van der Waals surface area contributed by atoms with Crippen molar-refractivity contribution >= 4 is 51.6 Å². The first-order chi connectivity index (χ1) is 17.3. The van der Waals surface area contributed by atoms with Gasteiger partial charge >= 0.3 is 0 Å². The molecule has 1 saturated heterocycles. The van der Waals surface area contributed by atoms with Crippen molar-refractivity contribution in [3.05, 3.63) is 63.2 Å². The lowest BCUT2D eigenvalue weighted by Gasteiger charge is -2.33. The molecule has 2 aromatic heterocycles. The van der Waals surface area contributed by atoms with Crippen molar-refractivity contribution in [2.45, 2.75) is 40.0 Å². The molecule has 3 heterocycles. The quantitative estimate of drug-likeness (QED) is 0.365. The van der Waals surface area contributed by atoms with E-state index in [0.29, 0.717) is 41.2 Å². The number of nitrogens with zero attached hydrogens (tertiary/aromatic N) is 2. The summed E-state index contributed by atoms with van der Waals surface area (Å²) in [6.45, 7) is 9.92. The summed E-state index contributed by atoms with van der Waals surface area (Å²) < 4.78 is 11.5. The Kier molecular flexibility index (Phi) is 7.24. The van der Waals surface area contributed by atoms with Gasteiger partial charge in [0.05, 0.1) is 25.0 Å². The van der Waals surface area contributed by atoms with Crippen LogP contribution in [-0.4, -0.2) is 38.4 Å². The lowest BCUT2D eigenvalue weighted by atomic mass is 9.72. The topological polar surface area (TPSA) is 67.1 Å². The van der Waals surface area contributed by atoms with Crippen molar-refractivity contribution in [2.24, 2.45) is 16.3 Å². The highest BCUT2D eigenvalue weighted by Gasteiger charge is 2.33. The Labute approximate surface area is 221 Å². The average molecular weight is 526 g/mol. The molecule has 0 unspecified atom stereocenters. The number of aliphatic imine (C=N–C) groups is 1. The number of ether oxygens (including phenoxy) is 1. The molecular formula is C28H32ClN3O3S. The van der Waals surface area contributed by atoms with E-state index in [-0.39, 0.29) is 11.3 Å². The van der Waals surface area contributed by atoms with Gasteiger partial charge in [0.1, 0.15) is 10.8 Å².